The summed E-state index contributed by atoms with van der Waals surface area (Å²) < 4.78 is 10.9. The molecule has 1 heterocycles. The molecule has 0 aromatic heterocycles. The van der Waals surface area contributed by atoms with Crippen molar-refractivity contribution in [1.82, 2.24) is 0 Å². The molecule has 0 radical (unpaired) electrons. The molecule has 0 amide bonds. The van der Waals surface area contributed by atoms with Crippen LogP contribution in [0.3, 0.4) is 0 Å². The Kier molecular flexibility index (Phi) is 4.77. The van der Waals surface area contributed by atoms with E-state index in [9.17, 15) is 5.11 Å². The van der Waals surface area contributed by atoms with Crippen molar-refractivity contribution in [2.24, 2.45) is 0 Å². The third-order valence-corrected chi connectivity index (χ3v) is 2.47. The summed E-state index contributed by atoms with van der Waals surface area (Å²) in [5.74, 6) is -0.553. The summed E-state index contributed by atoms with van der Waals surface area (Å²) in [6, 6.07) is 0. The maximum absolute atomic E-state index is 9.79. The fraction of sp³-hybridized carbons (Fsp3) is 0.833. The lowest BCUT2D eigenvalue weighted by Crippen LogP contribution is -2.29. The van der Waals surface area contributed by atoms with Gasteiger partial charge in [0.25, 0.3) is 0 Å². The molecular weight excluding hydrogens is 192 g/mol. The van der Waals surface area contributed by atoms with Gasteiger partial charge < -0.3 is 14.6 Å². The molecule has 1 aliphatic heterocycles. The van der Waals surface area contributed by atoms with E-state index < -0.39 is 11.9 Å². The number of aliphatic hydroxyl groups excluding tert-OH is 1. The van der Waals surface area contributed by atoms with Crippen LogP contribution in [0, 0.1) is 0 Å². The van der Waals surface area contributed by atoms with E-state index in [1.54, 1.807) is 0 Å². The third kappa shape index (κ3) is 4.33. The Labute approximate surface area is 92.1 Å². The predicted octanol–water partition coefficient (Wildman–Crippen LogP) is 2.25. The lowest BCUT2D eigenvalue weighted by atomic mass is 10.1. The molecule has 0 aromatic rings. The molecule has 3 heteroatoms. The number of aliphatic hydroxyl groups is 1. The van der Waals surface area contributed by atoms with Crippen molar-refractivity contribution in [3.8, 4) is 0 Å². The van der Waals surface area contributed by atoms with Gasteiger partial charge >= 0.3 is 0 Å². The molecule has 1 aliphatic rings. The molecule has 1 unspecified atom stereocenters. The maximum Gasteiger partial charge on any atom is 0.163 e. The molecule has 88 valence electrons. The summed E-state index contributed by atoms with van der Waals surface area (Å²) in [6.07, 6.45) is 6.41. The molecule has 1 rings (SSSR count). The van der Waals surface area contributed by atoms with Crippen LogP contribution in [0.5, 0.6) is 0 Å². The Balaban J connectivity index is 2.29. The van der Waals surface area contributed by atoms with Gasteiger partial charge in [0, 0.05) is 0 Å². The molecule has 0 spiro atoms. The van der Waals surface area contributed by atoms with E-state index in [0.717, 1.165) is 12.8 Å². The Morgan fingerprint density at radius 3 is 2.80 bits per heavy atom. The standard InChI is InChI=1S/C12H22O3/c1-4-5-6-7-8-10(13)11-9-14-12(2,3)15-11/h7-8,10-11,13H,4-6,9H2,1-3H3/b8-7+/t10?,11-/m1/s1. The van der Waals surface area contributed by atoms with Crippen LogP contribution in [0.1, 0.15) is 40.0 Å². The zero-order chi connectivity index (χ0) is 11.3. The maximum atomic E-state index is 9.79. The van der Waals surface area contributed by atoms with E-state index >= 15 is 0 Å². The first-order valence-electron chi connectivity index (χ1n) is 5.71. The molecular formula is C12H22O3. The summed E-state index contributed by atoms with van der Waals surface area (Å²) in [5.41, 5.74) is 0. The average molecular weight is 214 g/mol. The van der Waals surface area contributed by atoms with Crippen molar-refractivity contribution >= 4 is 0 Å². The van der Waals surface area contributed by atoms with Gasteiger partial charge in [0.15, 0.2) is 5.79 Å². The van der Waals surface area contributed by atoms with Gasteiger partial charge in [0.2, 0.25) is 0 Å². The van der Waals surface area contributed by atoms with Crippen LogP contribution in [0.15, 0.2) is 12.2 Å². The number of rotatable bonds is 5. The predicted molar refractivity (Wildman–Crippen MR) is 59.6 cm³/mol. The topological polar surface area (TPSA) is 38.7 Å². The summed E-state index contributed by atoms with van der Waals surface area (Å²) in [4.78, 5) is 0. The minimum Gasteiger partial charge on any atom is -0.386 e. The zero-order valence-corrected chi connectivity index (χ0v) is 9.90. The van der Waals surface area contributed by atoms with E-state index in [2.05, 4.69) is 6.92 Å². The largest absolute Gasteiger partial charge is 0.386 e. The fourth-order valence-corrected chi connectivity index (χ4v) is 1.57. The molecule has 1 saturated heterocycles. The van der Waals surface area contributed by atoms with Crippen LogP contribution in [-0.2, 0) is 9.47 Å². The number of hydrogen-bond donors (Lipinski definition) is 1. The van der Waals surface area contributed by atoms with E-state index in [-0.39, 0.29) is 6.10 Å². The van der Waals surface area contributed by atoms with Gasteiger partial charge in [-0.2, -0.15) is 0 Å². The molecule has 0 saturated carbocycles. The van der Waals surface area contributed by atoms with Crippen LogP contribution in [0.2, 0.25) is 0 Å². The second kappa shape index (κ2) is 5.64. The van der Waals surface area contributed by atoms with Crippen molar-refractivity contribution in [1.29, 1.82) is 0 Å². The molecule has 15 heavy (non-hydrogen) atoms. The van der Waals surface area contributed by atoms with Gasteiger partial charge in [0.1, 0.15) is 12.2 Å². The van der Waals surface area contributed by atoms with Crippen molar-refractivity contribution < 1.29 is 14.6 Å². The van der Waals surface area contributed by atoms with Crippen molar-refractivity contribution in [3.63, 3.8) is 0 Å². The zero-order valence-electron chi connectivity index (χ0n) is 9.90. The highest BCUT2D eigenvalue weighted by Crippen LogP contribution is 2.24. The molecule has 0 aromatic carbocycles. The van der Waals surface area contributed by atoms with Crippen LogP contribution in [0.25, 0.3) is 0 Å². The number of ether oxygens (including phenoxy) is 2. The quantitative estimate of drug-likeness (QED) is 0.563. The minimum atomic E-state index is -0.553. The number of allylic oxidation sites excluding steroid dienone is 1. The van der Waals surface area contributed by atoms with Gasteiger partial charge in [-0.15, -0.1) is 0 Å². The van der Waals surface area contributed by atoms with E-state index in [0.29, 0.717) is 6.61 Å². The third-order valence-electron chi connectivity index (χ3n) is 2.47. The van der Waals surface area contributed by atoms with Gasteiger partial charge in [0.05, 0.1) is 6.61 Å². The monoisotopic (exact) mass is 214 g/mol. The van der Waals surface area contributed by atoms with Gasteiger partial charge in [-0.05, 0) is 20.3 Å². The SMILES string of the molecule is CCCC/C=C/C(O)[C@H]1COC(C)(C)O1. The lowest BCUT2D eigenvalue weighted by Gasteiger charge is -2.18. The molecule has 3 nitrogen and oxygen atoms in total. The van der Waals surface area contributed by atoms with E-state index in [1.807, 2.05) is 26.0 Å². The smallest absolute Gasteiger partial charge is 0.163 e. The first-order valence-corrected chi connectivity index (χ1v) is 5.71. The number of unbranched alkanes of at least 4 members (excludes halogenated alkanes) is 2. The van der Waals surface area contributed by atoms with Crippen molar-refractivity contribution in [2.45, 2.75) is 58.0 Å². The minimum absolute atomic E-state index is 0.224. The number of hydrogen-bond acceptors (Lipinski definition) is 3. The second-order valence-corrected chi connectivity index (χ2v) is 4.43. The van der Waals surface area contributed by atoms with Crippen LogP contribution in [0.4, 0.5) is 0 Å². The summed E-state index contributed by atoms with van der Waals surface area (Å²) in [7, 11) is 0. The van der Waals surface area contributed by atoms with Gasteiger partial charge in [-0.1, -0.05) is 31.9 Å². The van der Waals surface area contributed by atoms with Gasteiger partial charge in [-0.3, -0.25) is 0 Å². The lowest BCUT2D eigenvalue weighted by molar-refractivity contribution is -0.147. The highest BCUT2D eigenvalue weighted by Gasteiger charge is 2.35. The van der Waals surface area contributed by atoms with Crippen LogP contribution in [-0.4, -0.2) is 29.7 Å². The van der Waals surface area contributed by atoms with Gasteiger partial charge in [-0.25, -0.2) is 0 Å². The summed E-state index contributed by atoms with van der Waals surface area (Å²) in [6.45, 7) is 6.34. The van der Waals surface area contributed by atoms with E-state index in [1.165, 1.54) is 6.42 Å². The molecule has 2 atom stereocenters. The second-order valence-electron chi connectivity index (χ2n) is 4.43. The average Bonchev–Trinajstić information content (AvgIpc) is 2.53. The van der Waals surface area contributed by atoms with E-state index in [4.69, 9.17) is 9.47 Å². The Morgan fingerprint density at radius 1 is 1.53 bits per heavy atom. The Morgan fingerprint density at radius 2 is 2.27 bits per heavy atom. The summed E-state index contributed by atoms with van der Waals surface area (Å²) >= 11 is 0. The van der Waals surface area contributed by atoms with Crippen molar-refractivity contribution in [2.75, 3.05) is 6.61 Å². The van der Waals surface area contributed by atoms with Crippen LogP contribution < -0.4 is 0 Å². The molecule has 1 N–H and O–H groups in total. The molecule has 0 bridgehead atoms. The summed E-state index contributed by atoms with van der Waals surface area (Å²) in [5, 5.41) is 9.79. The van der Waals surface area contributed by atoms with Crippen molar-refractivity contribution in [3.05, 3.63) is 12.2 Å². The first-order chi connectivity index (χ1) is 7.05. The molecule has 1 fully saturated rings. The van der Waals surface area contributed by atoms with Crippen LogP contribution >= 0.6 is 0 Å². The molecule has 0 aliphatic carbocycles. The Hall–Kier alpha value is -0.380. The Bertz CT molecular complexity index is 211. The fourth-order valence-electron chi connectivity index (χ4n) is 1.57. The highest BCUT2D eigenvalue weighted by atomic mass is 16.7. The normalized spacial score (nSPS) is 27.3. The highest BCUT2D eigenvalue weighted by molar-refractivity contribution is 4.94. The first kappa shape index (κ1) is 12.7.